The van der Waals surface area contributed by atoms with Gasteiger partial charge >= 0.3 is 5.97 Å². The van der Waals surface area contributed by atoms with Gasteiger partial charge in [-0.15, -0.1) is 0 Å². The molecular formula is C19H20N2O4. The van der Waals surface area contributed by atoms with Crippen LogP contribution in [0.4, 0.5) is 0 Å². The van der Waals surface area contributed by atoms with Crippen LogP contribution in [0.25, 0.3) is 0 Å². The van der Waals surface area contributed by atoms with Crippen LogP contribution < -0.4 is 10.5 Å². The molecule has 1 aliphatic rings. The van der Waals surface area contributed by atoms with Gasteiger partial charge in [-0.2, -0.15) is 0 Å². The normalized spacial score (nSPS) is 16.0. The fraction of sp³-hybridized carbons (Fsp3) is 0.263. The maximum absolute atomic E-state index is 12.2. The third-order valence-corrected chi connectivity index (χ3v) is 3.74. The molecule has 0 aliphatic carbocycles. The third kappa shape index (κ3) is 4.97. The lowest BCUT2D eigenvalue weighted by Crippen LogP contribution is -2.12. The van der Waals surface area contributed by atoms with E-state index < -0.39 is 0 Å². The Bertz CT molecular complexity index is 746. The molecule has 25 heavy (non-hydrogen) atoms. The molecule has 3 rings (SSSR count). The average molecular weight is 340 g/mol. The first kappa shape index (κ1) is 16.8. The van der Waals surface area contributed by atoms with Crippen LogP contribution in [-0.4, -0.2) is 31.2 Å². The van der Waals surface area contributed by atoms with E-state index in [0.717, 1.165) is 5.56 Å². The number of benzene rings is 2. The first-order valence-corrected chi connectivity index (χ1v) is 8.11. The summed E-state index contributed by atoms with van der Waals surface area (Å²) in [6, 6.07) is 16.8. The van der Waals surface area contributed by atoms with Crippen molar-refractivity contribution in [2.75, 3.05) is 13.2 Å². The lowest BCUT2D eigenvalue weighted by Gasteiger charge is -2.09. The summed E-state index contributed by atoms with van der Waals surface area (Å²) < 4.78 is 16.1. The number of esters is 1. The summed E-state index contributed by atoms with van der Waals surface area (Å²) in [7, 11) is 0. The first-order valence-electron chi connectivity index (χ1n) is 8.11. The fourth-order valence-corrected chi connectivity index (χ4v) is 2.42. The monoisotopic (exact) mass is 340 g/mol. The lowest BCUT2D eigenvalue weighted by molar-refractivity contribution is 0.0472. The Morgan fingerprint density at radius 3 is 2.80 bits per heavy atom. The summed E-state index contributed by atoms with van der Waals surface area (Å²) in [5.41, 5.74) is 6.87. The number of hydrogen-bond donors (Lipinski definition) is 1. The van der Waals surface area contributed by atoms with E-state index in [2.05, 4.69) is 4.99 Å². The molecule has 2 aromatic rings. The smallest absolute Gasteiger partial charge is 0.338 e. The molecule has 1 aliphatic heterocycles. The van der Waals surface area contributed by atoms with E-state index in [1.165, 1.54) is 0 Å². The van der Waals surface area contributed by atoms with Gasteiger partial charge in [0.1, 0.15) is 19.0 Å². The molecule has 0 spiro atoms. The third-order valence-electron chi connectivity index (χ3n) is 3.74. The summed E-state index contributed by atoms with van der Waals surface area (Å²) in [4.78, 5) is 16.3. The molecule has 130 valence electrons. The van der Waals surface area contributed by atoms with Gasteiger partial charge < -0.3 is 19.9 Å². The van der Waals surface area contributed by atoms with Crippen LogP contribution in [0.1, 0.15) is 22.3 Å². The van der Waals surface area contributed by atoms with Crippen molar-refractivity contribution in [3.63, 3.8) is 0 Å². The number of rotatable bonds is 7. The van der Waals surface area contributed by atoms with Gasteiger partial charge in [-0.05, 0) is 23.8 Å². The zero-order chi connectivity index (χ0) is 17.5. The predicted octanol–water partition coefficient (Wildman–Crippen LogP) is 2.53. The Hall–Kier alpha value is -3.02. The van der Waals surface area contributed by atoms with Crippen molar-refractivity contribution in [2.45, 2.75) is 19.1 Å². The predicted molar refractivity (Wildman–Crippen MR) is 93.5 cm³/mol. The van der Waals surface area contributed by atoms with Crippen LogP contribution in [-0.2, 0) is 16.1 Å². The Labute approximate surface area is 146 Å². The van der Waals surface area contributed by atoms with Crippen LogP contribution >= 0.6 is 0 Å². The maximum Gasteiger partial charge on any atom is 0.338 e. The molecule has 0 fully saturated rings. The minimum Gasteiger partial charge on any atom is -0.493 e. The van der Waals surface area contributed by atoms with Crippen molar-refractivity contribution in [1.82, 2.24) is 0 Å². The number of amidine groups is 1. The van der Waals surface area contributed by atoms with E-state index in [1.54, 1.807) is 24.3 Å². The van der Waals surface area contributed by atoms with E-state index in [9.17, 15) is 4.79 Å². The highest BCUT2D eigenvalue weighted by Crippen LogP contribution is 2.16. The maximum atomic E-state index is 12.2. The molecule has 0 saturated heterocycles. The SMILES string of the molecule is NC1=N[C@@H](CCOc2cccc(C(=O)OCc3ccccc3)c2)CO1. The van der Waals surface area contributed by atoms with Crippen LogP contribution in [0.2, 0.25) is 0 Å². The van der Waals surface area contributed by atoms with Gasteiger partial charge in [-0.1, -0.05) is 36.4 Å². The average Bonchev–Trinajstić information content (AvgIpc) is 3.06. The number of carbonyl (C=O) groups is 1. The van der Waals surface area contributed by atoms with Crippen molar-refractivity contribution < 1.29 is 19.0 Å². The zero-order valence-corrected chi connectivity index (χ0v) is 13.8. The molecule has 0 aromatic heterocycles. The Balaban J connectivity index is 1.49. The fourth-order valence-electron chi connectivity index (χ4n) is 2.42. The van der Waals surface area contributed by atoms with E-state index in [0.29, 0.717) is 30.9 Å². The molecule has 2 N–H and O–H groups in total. The molecule has 1 heterocycles. The summed E-state index contributed by atoms with van der Waals surface area (Å²) in [6.45, 7) is 1.19. The number of carbonyl (C=O) groups excluding carboxylic acids is 1. The van der Waals surface area contributed by atoms with E-state index in [-0.39, 0.29) is 24.6 Å². The second-order valence-electron chi connectivity index (χ2n) is 5.66. The number of aliphatic imine (C=N–C) groups is 1. The second kappa shape index (κ2) is 8.19. The molecular weight excluding hydrogens is 320 g/mol. The molecule has 2 aromatic carbocycles. The molecule has 0 saturated carbocycles. The van der Waals surface area contributed by atoms with E-state index in [1.807, 2.05) is 30.3 Å². The summed E-state index contributed by atoms with van der Waals surface area (Å²) in [5.74, 6) is 0.237. The minimum absolute atomic E-state index is 0.0269. The highest BCUT2D eigenvalue weighted by atomic mass is 16.5. The molecule has 1 atom stereocenters. The number of nitrogens with zero attached hydrogens (tertiary/aromatic N) is 1. The minimum atomic E-state index is -0.379. The molecule has 6 heteroatoms. The second-order valence-corrected chi connectivity index (χ2v) is 5.66. The summed E-state index contributed by atoms with van der Waals surface area (Å²) in [6.07, 6.45) is 0.698. The van der Waals surface area contributed by atoms with Gasteiger partial charge in [0.15, 0.2) is 0 Å². The van der Waals surface area contributed by atoms with Gasteiger partial charge in [0, 0.05) is 6.42 Å². The lowest BCUT2D eigenvalue weighted by atomic mass is 10.2. The van der Waals surface area contributed by atoms with Crippen LogP contribution in [0, 0.1) is 0 Å². The highest BCUT2D eigenvalue weighted by Gasteiger charge is 2.16. The zero-order valence-electron chi connectivity index (χ0n) is 13.8. The van der Waals surface area contributed by atoms with Gasteiger partial charge in [-0.3, -0.25) is 0 Å². The quantitative estimate of drug-likeness (QED) is 0.783. The van der Waals surface area contributed by atoms with Crippen molar-refractivity contribution in [2.24, 2.45) is 10.7 Å². The Kier molecular flexibility index (Phi) is 5.51. The van der Waals surface area contributed by atoms with Crippen molar-refractivity contribution >= 4 is 12.0 Å². The van der Waals surface area contributed by atoms with Crippen molar-refractivity contribution in [3.8, 4) is 5.75 Å². The Morgan fingerprint density at radius 1 is 1.20 bits per heavy atom. The largest absolute Gasteiger partial charge is 0.493 e. The van der Waals surface area contributed by atoms with Crippen LogP contribution in [0.15, 0.2) is 59.6 Å². The van der Waals surface area contributed by atoms with Crippen molar-refractivity contribution in [3.05, 3.63) is 65.7 Å². The first-order chi connectivity index (χ1) is 12.2. The van der Waals surface area contributed by atoms with Crippen molar-refractivity contribution in [1.29, 1.82) is 0 Å². The van der Waals surface area contributed by atoms with E-state index >= 15 is 0 Å². The molecule has 0 amide bonds. The summed E-state index contributed by atoms with van der Waals surface area (Å²) in [5, 5.41) is 0. The topological polar surface area (TPSA) is 83.1 Å². The van der Waals surface area contributed by atoms with Gasteiger partial charge in [0.25, 0.3) is 6.02 Å². The van der Waals surface area contributed by atoms with Gasteiger partial charge in [0.2, 0.25) is 0 Å². The molecule has 0 radical (unpaired) electrons. The number of hydrogen-bond acceptors (Lipinski definition) is 6. The summed E-state index contributed by atoms with van der Waals surface area (Å²) >= 11 is 0. The molecule has 0 unspecified atom stereocenters. The number of nitrogens with two attached hydrogens (primary N) is 1. The Morgan fingerprint density at radius 2 is 2.04 bits per heavy atom. The van der Waals surface area contributed by atoms with Gasteiger partial charge in [-0.25, -0.2) is 9.79 Å². The highest BCUT2D eigenvalue weighted by molar-refractivity contribution is 5.89. The molecule has 0 bridgehead atoms. The van der Waals surface area contributed by atoms with Crippen LogP contribution in [0.5, 0.6) is 5.75 Å². The van der Waals surface area contributed by atoms with Crippen LogP contribution in [0.3, 0.4) is 0 Å². The van der Waals surface area contributed by atoms with Gasteiger partial charge in [0.05, 0.1) is 18.2 Å². The number of ether oxygens (including phenoxy) is 3. The molecule has 6 nitrogen and oxygen atoms in total. The standard InChI is InChI=1S/C19H20N2O4/c20-19-21-16(13-25-19)9-10-23-17-8-4-7-15(11-17)18(22)24-12-14-5-2-1-3-6-14/h1-8,11,16H,9-10,12-13H2,(H2,20,21)/t16-/m0/s1. The van der Waals surface area contributed by atoms with E-state index in [4.69, 9.17) is 19.9 Å².